The lowest BCUT2D eigenvalue weighted by Crippen LogP contribution is -2.58. The Bertz CT molecular complexity index is 705. The largest absolute Gasteiger partial charge is 0.458 e. The average molecular weight is 387 g/mol. The summed E-state index contributed by atoms with van der Waals surface area (Å²) >= 11 is 0. The minimum absolute atomic E-state index is 0.193. The number of hydrogen-bond donors (Lipinski definition) is 1. The lowest BCUT2D eigenvalue weighted by Gasteiger charge is -2.66. The highest BCUT2D eigenvalue weighted by molar-refractivity contribution is 5.85. The Morgan fingerprint density at radius 3 is 2.57 bits per heavy atom. The molecule has 0 aromatic rings. The van der Waals surface area contributed by atoms with Crippen molar-refractivity contribution < 1.29 is 14.6 Å². The molecule has 1 heterocycles. The summed E-state index contributed by atoms with van der Waals surface area (Å²) in [5.41, 5.74) is 3.07. The number of carbonyl (C=O) groups excluding carboxylic acids is 1. The molecular weight excluding hydrogens is 348 g/mol. The van der Waals surface area contributed by atoms with Gasteiger partial charge in [-0.2, -0.15) is 0 Å². The van der Waals surface area contributed by atoms with Crippen molar-refractivity contribution in [3.8, 4) is 0 Å². The van der Waals surface area contributed by atoms with E-state index in [-0.39, 0.29) is 18.0 Å². The van der Waals surface area contributed by atoms with Gasteiger partial charge in [-0.05, 0) is 78.9 Å². The van der Waals surface area contributed by atoms with E-state index in [9.17, 15) is 9.90 Å². The summed E-state index contributed by atoms with van der Waals surface area (Å²) in [5.74, 6) is 1.49. The summed E-state index contributed by atoms with van der Waals surface area (Å²) < 4.78 is 5.03. The summed E-state index contributed by atoms with van der Waals surface area (Å²) in [5, 5.41) is 10.9. The van der Waals surface area contributed by atoms with Crippen LogP contribution in [0.4, 0.5) is 0 Å². The Morgan fingerprint density at radius 1 is 1.14 bits per heavy atom. The summed E-state index contributed by atoms with van der Waals surface area (Å²) in [6.07, 6.45) is 10.4. The van der Waals surface area contributed by atoms with Crippen molar-refractivity contribution in [1.29, 1.82) is 0 Å². The molecule has 0 aromatic carbocycles. The van der Waals surface area contributed by atoms with E-state index in [2.05, 4.69) is 34.3 Å². The molecule has 0 amide bonds. The molecule has 3 aliphatic carbocycles. The normalized spacial score (nSPS) is 43.6. The van der Waals surface area contributed by atoms with Crippen LogP contribution in [-0.2, 0) is 9.53 Å². The SMILES string of the molecule is C=C1CC[C@H]2[C@@](C)(CC[C@H]3C(C)(C)CCC[C@]23C)[C@@H]1C[C@@H](O)C1=CC(=O)OC1. The number of fused-ring (bicyclic) bond motifs is 3. The summed E-state index contributed by atoms with van der Waals surface area (Å²) in [7, 11) is 0. The topological polar surface area (TPSA) is 46.5 Å². The van der Waals surface area contributed by atoms with Gasteiger partial charge in [0.1, 0.15) is 6.61 Å². The summed E-state index contributed by atoms with van der Waals surface area (Å²) in [6.45, 7) is 14.7. The molecule has 1 aliphatic heterocycles. The van der Waals surface area contributed by atoms with E-state index in [0.717, 1.165) is 17.9 Å². The number of esters is 1. The van der Waals surface area contributed by atoms with Crippen LogP contribution in [0.3, 0.4) is 0 Å². The van der Waals surface area contributed by atoms with Gasteiger partial charge in [0.2, 0.25) is 0 Å². The summed E-state index contributed by atoms with van der Waals surface area (Å²) in [6, 6.07) is 0. The standard InChI is InChI=1S/C25H38O3/c1-16-7-8-21-24(4,18(16)14-19(26)17-13-22(27)28-15-17)12-9-20-23(2,3)10-6-11-25(20,21)5/h13,18-21,26H,1,6-12,14-15H2,2-5H3/t18-,19-,20+,21+,24+,25+/m1/s1. The second-order valence-corrected chi connectivity index (χ2v) is 11.3. The zero-order valence-corrected chi connectivity index (χ0v) is 18.2. The van der Waals surface area contributed by atoms with Gasteiger partial charge in [-0.15, -0.1) is 0 Å². The molecule has 3 fully saturated rings. The van der Waals surface area contributed by atoms with Crippen molar-refractivity contribution in [3.05, 3.63) is 23.8 Å². The molecule has 6 atom stereocenters. The highest BCUT2D eigenvalue weighted by atomic mass is 16.5. The van der Waals surface area contributed by atoms with Crippen LogP contribution in [0.15, 0.2) is 23.8 Å². The maximum Gasteiger partial charge on any atom is 0.331 e. The Labute approximate surface area is 170 Å². The van der Waals surface area contributed by atoms with Crippen molar-refractivity contribution >= 4 is 5.97 Å². The molecule has 0 bridgehead atoms. The first-order valence-electron chi connectivity index (χ1n) is 11.3. The first-order valence-corrected chi connectivity index (χ1v) is 11.3. The fraction of sp³-hybridized carbons (Fsp3) is 0.800. The number of aliphatic hydroxyl groups is 1. The number of carbonyl (C=O) groups is 1. The third-order valence-corrected chi connectivity index (χ3v) is 9.45. The molecule has 0 unspecified atom stereocenters. The predicted octanol–water partition coefficient (Wildman–Crippen LogP) is 5.44. The van der Waals surface area contributed by atoms with Crippen LogP contribution >= 0.6 is 0 Å². The molecule has 0 spiro atoms. The molecule has 4 aliphatic rings. The number of ether oxygens (including phenoxy) is 1. The number of hydrogen-bond acceptors (Lipinski definition) is 3. The van der Waals surface area contributed by atoms with Crippen molar-refractivity contribution in [2.24, 2.45) is 34.0 Å². The van der Waals surface area contributed by atoms with Gasteiger partial charge < -0.3 is 9.84 Å². The molecule has 156 valence electrons. The van der Waals surface area contributed by atoms with Crippen LogP contribution in [0, 0.1) is 34.0 Å². The molecule has 0 aromatic heterocycles. The van der Waals surface area contributed by atoms with E-state index in [1.54, 1.807) is 0 Å². The minimum Gasteiger partial charge on any atom is -0.458 e. The molecular formula is C25H38O3. The number of rotatable bonds is 3. The van der Waals surface area contributed by atoms with Crippen molar-refractivity contribution in [1.82, 2.24) is 0 Å². The van der Waals surface area contributed by atoms with E-state index in [4.69, 9.17) is 4.74 Å². The second-order valence-electron chi connectivity index (χ2n) is 11.3. The van der Waals surface area contributed by atoms with Gasteiger partial charge in [-0.25, -0.2) is 4.79 Å². The van der Waals surface area contributed by atoms with Crippen LogP contribution in [0.25, 0.3) is 0 Å². The van der Waals surface area contributed by atoms with E-state index in [1.165, 1.54) is 50.2 Å². The molecule has 3 nitrogen and oxygen atoms in total. The van der Waals surface area contributed by atoms with E-state index in [0.29, 0.717) is 29.1 Å². The quantitative estimate of drug-likeness (QED) is 0.519. The van der Waals surface area contributed by atoms with Crippen molar-refractivity contribution in [2.45, 2.75) is 85.2 Å². The Kier molecular flexibility index (Phi) is 4.85. The van der Waals surface area contributed by atoms with Gasteiger partial charge in [-0.3, -0.25) is 0 Å². The fourth-order valence-electron chi connectivity index (χ4n) is 8.13. The van der Waals surface area contributed by atoms with Crippen LogP contribution in [-0.4, -0.2) is 23.8 Å². The van der Waals surface area contributed by atoms with E-state index < -0.39 is 6.10 Å². The number of allylic oxidation sites excluding steroid dienone is 1. The Hall–Kier alpha value is -1.09. The van der Waals surface area contributed by atoms with Gasteiger partial charge in [0.25, 0.3) is 0 Å². The molecule has 1 N–H and O–H groups in total. The van der Waals surface area contributed by atoms with Gasteiger partial charge in [0, 0.05) is 11.6 Å². The zero-order valence-electron chi connectivity index (χ0n) is 18.2. The highest BCUT2D eigenvalue weighted by Gasteiger charge is 2.61. The van der Waals surface area contributed by atoms with Gasteiger partial charge >= 0.3 is 5.97 Å². The fourth-order valence-corrected chi connectivity index (χ4v) is 8.13. The second kappa shape index (κ2) is 6.72. The smallest absolute Gasteiger partial charge is 0.331 e. The maximum atomic E-state index is 11.4. The molecule has 3 saturated carbocycles. The molecule has 0 saturated heterocycles. The molecule has 3 heteroatoms. The van der Waals surface area contributed by atoms with E-state index >= 15 is 0 Å². The molecule has 4 rings (SSSR count). The van der Waals surface area contributed by atoms with Gasteiger partial charge in [0.05, 0.1) is 6.10 Å². The number of cyclic esters (lactones) is 1. The van der Waals surface area contributed by atoms with Gasteiger partial charge in [-0.1, -0.05) is 46.3 Å². The number of aliphatic hydroxyl groups excluding tert-OH is 1. The first kappa shape index (κ1) is 20.2. The lowest BCUT2D eigenvalue weighted by atomic mass is 9.39. The average Bonchev–Trinajstić information content (AvgIpc) is 3.03. The van der Waals surface area contributed by atoms with E-state index in [1.807, 2.05) is 0 Å². The highest BCUT2D eigenvalue weighted by Crippen LogP contribution is 2.69. The molecule has 0 radical (unpaired) electrons. The van der Waals surface area contributed by atoms with Crippen LogP contribution in [0.1, 0.15) is 79.1 Å². The zero-order chi connectivity index (χ0) is 20.3. The third-order valence-electron chi connectivity index (χ3n) is 9.45. The predicted molar refractivity (Wildman–Crippen MR) is 112 cm³/mol. The minimum atomic E-state index is -0.600. The van der Waals surface area contributed by atoms with Crippen LogP contribution in [0.2, 0.25) is 0 Å². The van der Waals surface area contributed by atoms with Crippen molar-refractivity contribution in [2.75, 3.05) is 6.61 Å². The van der Waals surface area contributed by atoms with Crippen LogP contribution in [0.5, 0.6) is 0 Å². The third kappa shape index (κ3) is 3.00. The van der Waals surface area contributed by atoms with Gasteiger partial charge in [0.15, 0.2) is 0 Å². The lowest BCUT2D eigenvalue weighted by molar-refractivity contribution is -0.156. The monoisotopic (exact) mass is 386 g/mol. The van der Waals surface area contributed by atoms with Crippen LogP contribution < -0.4 is 0 Å². The molecule has 28 heavy (non-hydrogen) atoms. The van der Waals surface area contributed by atoms with Crippen molar-refractivity contribution in [3.63, 3.8) is 0 Å². The Morgan fingerprint density at radius 2 is 1.89 bits per heavy atom. The maximum absolute atomic E-state index is 11.4. The Balaban J connectivity index is 1.62. The first-order chi connectivity index (χ1) is 13.1. The summed E-state index contributed by atoms with van der Waals surface area (Å²) in [4.78, 5) is 11.4.